The number of aromatic nitrogens is 2. The highest BCUT2D eigenvalue weighted by atomic mass is 35.5. The van der Waals surface area contributed by atoms with Crippen molar-refractivity contribution >= 4 is 51.5 Å². The first kappa shape index (κ1) is 28.6. The molecule has 11 nitrogen and oxygen atoms in total. The van der Waals surface area contributed by atoms with Crippen LogP contribution in [-0.4, -0.2) is 91.5 Å². The quantitative estimate of drug-likeness (QED) is 0.449. The van der Waals surface area contributed by atoms with Crippen molar-refractivity contribution in [3.8, 4) is 6.07 Å². The summed E-state index contributed by atoms with van der Waals surface area (Å²) < 4.78 is 16.4. The maximum atomic E-state index is 12.9. The molecule has 0 radical (unpaired) electrons. The van der Waals surface area contributed by atoms with Crippen molar-refractivity contribution in [3.63, 3.8) is 0 Å². The van der Waals surface area contributed by atoms with Gasteiger partial charge in [0.2, 0.25) is 0 Å². The molecule has 14 heteroatoms. The average Bonchev–Trinajstić information content (AvgIpc) is 3.45. The first-order chi connectivity index (χ1) is 18.2. The minimum atomic E-state index is -0.509. The molecule has 2 aromatic rings. The molecule has 2 aliphatic heterocycles. The minimum absolute atomic E-state index is 0.191. The zero-order valence-electron chi connectivity index (χ0n) is 21.4. The van der Waals surface area contributed by atoms with E-state index in [-0.39, 0.29) is 35.4 Å². The first-order valence-corrected chi connectivity index (χ1v) is 13.8. The van der Waals surface area contributed by atoms with Crippen LogP contribution in [0.15, 0.2) is 0 Å². The Labute approximate surface area is 234 Å². The van der Waals surface area contributed by atoms with Crippen LogP contribution in [0.3, 0.4) is 0 Å². The Balaban J connectivity index is 1.48. The number of carbonyl (C=O) groups is 2. The van der Waals surface area contributed by atoms with Gasteiger partial charge in [-0.3, -0.25) is 9.69 Å². The number of anilines is 1. The summed E-state index contributed by atoms with van der Waals surface area (Å²) in [6, 6.07) is 1.88. The molecule has 2 aromatic heterocycles. The maximum absolute atomic E-state index is 12.9. The van der Waals surface area contributed by atoms with Gasteiger partial charge in [0.05, 0.1) is 47.2 Å². The summed E-state index contributed by atoms with van der Waals surface area (Å²) in [5.74, 6) is -0.772. The number of rotatable bonds is 8. The number of nitrogens with one attached hydrogen (secondary N) is 2. The third-order valence-corrected chi connectivity index (χ3v) is 8.63. The molecule has 4 heterocycles. The van der Waals surface area contributed by atoms with E-state index in [0.717, 1.165) is 0 Å². The van der Waals surface area contributed by atoms with Crippen LogP contribution < -0.4 is 10.2 Å². The van der Waals surface area contributed by atoms with Crippen LogP contribution in [-0.2, 0) is 20.8 Å². The number of piperidine rings is 1. The summed E-state index contributed by atoms with van der Waals surface area (Å²) in [5.41, 5.74) is 1.45. The number of thiazole rings is 1. The van der Waals surface area contributed by atoms with E-state index in [2.05, 4.69) is 21.3 Å². The Hall–Kier alpha value is -2.40. The molecule has 1 amide bonds. The summed E-state index contributed by atoms with van der Waals surface area (Å²) in [7, 11) is 1.59. The number of ether oxygens (including phenoxy) is 3. The van der Waals surface area contributed by atoms with Gasteiger partial charge in [-0.05, 0) is 20.3 Å². The smallest absolute Gasteiger partial charge is 0.350 e. The van der Waals surface area contributed by atoms with E-state index in [9.17, 15) is 14.9 Å². The van der Waals surface area contributed by atoms with Gasteiger partial charge in [0.25, 0.3) is 5.91 Å². The van der Waals surface area contributed by atoms with Crippen molar-refractivity contribution in [2.24, 2.45) is 0 Å². The topological polar surface area (TPSA) is 133 Å². The van der Waals surface area contributed by atoms with Crippen LogP contribution in [0.5, 0.6) is 0 Å². The van der Waals surface area contributed by atoms with E-state index in [0.29, 0.717) is 72.2 Å². The number of methoxy groups -OCH3 is 1. The van der Waals surface area contributed by atoms with E-state index in [1.54, 1.807) is 21.0 Å². The van der Waals surface area contributed by atoms with Gasteiger partial charge in [0, 0.05) is 45.5 Å². The van der Waals surface area contributed by atoms with Crippen LogP contribution in [0.25, 0.3) is 0 Å². The Bertz CT molecular complexity index is 1210. The summed E-state index contributed by atoms with van der Waals surface area (Å²) in [6.45, 7) is 6.74. The number of esters is 1. The van der Waals surface area contributed by atoms with Gasteiger partial charge in [0.1, 0.15) is 10.6 Å². The van der Waals surface area contributed by atoms with Crippen molar-refractivity contribution in [2.75, 3.05) is 51.4 Å². The molecule has 0 aliphatic carbocycles. The molecule has 38 heavy (non-hydrogen) atoms. The number of H-pyrrole nitrogens is 1. The van der Waals surface area contributed by atoms with Crippen LogP contribution in [0, 0.1) is 18.3 Å². The number of halogens is 2. The second-order valence-corrected chi connectivity index (χ2v) is 10.8. The van der Waals surface area contributed by atoms with Crippen molar-refractivity contribution < 1.29 is 23.8 Å². The summed E-state index contributed by atoms with van der Waals surface area (Å²) in [6.07, 6.45) is -0.246. The van der Waals surface area contributed by atoms with Gasteiger partial charge in [-0.2, -0.15) is 5.26 Å². The van der Waals surface area contributed by atoms with Crippen LogP contribution in [0.4, 0.5) is 5.13 Å². The highest BCUT2D eigenvalue weighted by Gasteiger charge is 2.34. The molecule has 206 valence electrons. The molecule has 2 aliphatic rings. The van der Waals surface area contributed by atoms with Crippen molar-refractivity contribution in [1.29, 1.82) is 5.26 Å². The molecular weight excluding hydrogens is 555 g/mol. The van der Waals surface area contributed by atoms with Gasteiger partial charge in [-0.1, -0.05) is 34.5 Å². The molecule has 4 rings (SSSR count). The lowest BCUT2D eigenvalue weighted by molar-refractivity contribution is -0.00320. The molecule has 0 aromatic carbocycles. The lowest BCUT2D eigenvalue weighted by Crippen LogP contribution is -2.55. The van der Waals surface area contributed by atoms with E-state index >= 15 is 0 Å². The zero-order valence-corrected chi connectivity index (χ0v) is 23.7. The number of hydrogen-bond donors (Lipinski definition) is 2. The Kier molecular flexibility index (Phi) is 9.51. The predicted molar refractivity (Wildman–Crippen MR) is 143 cm³/mol. The minimum Gasteiger partial charge on any atom is -0.462 e. The van der Waals surface area contributed by atoms with Crippen LogP contribution in [0.1, 0.15) is 44.9 Å². The highest BCUT2D eigenvalue weighted by Crippen LogP contribution is 2.32. The normalized spacial score (nSPS) is 22.2. The zero-order chi connectivity index (χ0) is 27.4. The Morgan fingerprint density at radius 1 is 1.32 bits per heavy atom. The third kappa shape index (κ3) is 6.25. The first-order valence-electron chi connectivity index (χ1n) is 12.3. The maximum Gasteiger partial charge on any atom is 0.350 e. The van der Waals surface area contributed by atoms with Gasteiger partial charge in [-0.15, -0.1) is 0 Å². The van der Waals surface area contributed by atoms with Gasteiger partial charge in [0.15, 0.2) is 11.2 Å². The molecule has 3 unspecified atom stereocenters. The third-order valence-electron chi connectivity index (χ3n) is 6.54. The number of aryl methyl sites for hydroxylation is 1. The molecule has 2 fully saturated rings. The molecule has 0 spiro atoms. The van der Waals surface area contributed by atoms with E-state index in [1.807, 2.05) is 4.90 Å². The fourth-order valence-electron chi connectivity index (χ4n) is 4.54. The van der Waals surface area contributed by atoms with E-state index in [4.69, 9.17) is 42.4 Å². The van der Waals surface area contributed by atoms with Crippen LogP contribution >= 0.6 is 34.5 Å². The number of morpholine rings is 1. The van der Waals surface area contributed by atoms with Gasteiger partial charge < -0.3 is 29.4 Å². The average molecular weight is 586 g/mol. The number of nitrogens with zero attached hydrogens (tertiary/aromatic N) is 4. The highest BCUT2D eigenvalue weighted by molar-refractivity contribution is 7.17. The van der Waals surface area contributed by atoms with Crippen LogP contribution in [0.2, 0.25) is 10.0 Å². The van der Waals surface area contributed by atoms with Gasteiger partial charge >= 0.3 is 5.97 Å². The van der Waals surface area contributed by atoms with Crippen molar-refractivity contribution in [2.45, 2.75) is 45.1 Å². The van der Waals surface area contributed by atoms with E-state index in [1.165, 1.54) is 11.3 Å². The second-order valence-electron chi connectivity index (χ2n) is 9.06. The molecule has 2 N–H and O–H groups in total. The van der Waals surface area contributed by atoms with E-state index < -0.39 is 12.1 Å². The fraction of sp³-hybridized carbons (Fsp3) is 0.583. The Morgan fingerprint density at radius 2 is 2.11 bits per heavy atom. The summed E-state index contributed by atoms with van der Waals surface area (Å²) >= 11 is 13.6. The van der Waals surface area contributed by atoms with Gasteiger partial charge in [-0.25, -0.2) is 9.78 Å². The number of aromatic amines is 1. The standard InChI is InChI=1S/C24H30Cl2N6O5S/c1-4-36-23(34)21-16(11-31-7-8-37-14(9-27)10-31)30-24(38-21)32-6-5-15(17(12-32)35-3)29-22(33)20-19(26)18(25)13(2)28-20/h14-15,17,28H,4-8,10-12H2,1-3H3,(H,29,33). The van der Waals surface area contributed by atoms with Crippen molar-refractivity contribution in [1.82, 2.24) is 20.2 Å². The summed E-state index contributed by atoms with van der Waals surface area (Å²) in [5, 5.41) is 13.4. The molecule has 0 saturated carbocycles. The fourth-order valence-corrected chi connectivity index (χ4v) is 5.96. The molecular formula is C24H30Cl2N6O5S. The molecule has 3 atom stereocenters. The lowest BCUT2D eigenvalue weighted by Gasteiger charge is -2.37. The number of hydrogen-bond acceptors (Lipinski definition) is 10. The number of carbonyl (C=O) groups excluding carboxylic acids is 2. The molecule has 2 saturated heterocycles. The Morgan fingerprint density at radius 3 is 2.76 bits per heavy atom. The SMILES string of the molecule is CCOC(=O)c1sc(N2CCC(NC(=O)c3[nH]c(C)c(Cl)c3Cl)C(OC)C2)nc1CN1CCOC(C#N)C1. The number of nitriles is 1. The largest absolute Gasteiger partial charge is 0.462 e. The second kappa shape index (κ2) is 12.6. The lowest BCUT2D eigenvalue weighted by atomic mass is 10.0. The monoisotopic (exact) mass is 584 g/mol. The van der Waals surface area contributed by atoms with Crippen molar-refractivity contribution in [3.05, 3.63) is 32.0 Å². The predicted octanol–water partition coefficient (Wildman–Crippen LogP) is 3.01. The number of amides is 1. The summed E-state index contributed by atoms with van der Waals surface area (Å²) in [4.78, 5) is 37.9. The molecule has 0 bridgehead atoms.